The fourth-order valence-corrected chi connectivity index (χ4v) is 6.33. The van der Waals surface area contributed by atoms with E-state index in [0.29, 0.717) is 29.7 Å². The average Bonchev–Trinajstić information content (AvgIpc) is 2.80. The van der Waals surface area contributed by atoms with E-state index in [1.165, 1.54) is 69.8 Å². The van der Waals surface area contributed by atoms with Crippen LogP contribution in [0.15, 0.2) is 36.9 Å². The van der Waals surface area contributed by atoms with E-state index >= 15 is 0 Å². The van der Waals surface area contributed by atoms with Gasteiger partial charge in [0.2, 0.25) is 0 Å². The van der Waals surface area contributed by atoms with Gasteiger partial charge in [-0.05, 0) is 97.3 Å². The van der Waals surface area contributed by atoms with Crippen LogP contribution < -0.4 is 0 Å². The van der Waals surface area contributed by atoms with Crippen LogP contribution >= 0.6 is 0 Å². The Bertz CT molecular complexity index is 899. The lowest BCUT2D eigenvalue weighted by Gasteiger charge is -2.42. The molecule has 2 unspecified atom stereocenters. The second-order valence-electron chi connectivity index (χ2n) is 10.2. The predicted octanol–water partition coefficient (Wildman–Crippen LogP) is 9.12. The van der Waals surface area contributed by atoms with Crippen LogP contribution in [0.2, 0.25) is 0 Å². The summed E-state index contributed by atoms with van der Waals surface area (Å²) in [5.74, 6) is 1.78. The number of allylic oxidation sites excluding steroid dienone is 1. The van der Waals surface area contributed by atoms with Gasteiger partial charge in [-0.25, -0.2) is 8.78 Å². The van der Waals surface area contributed by atoms with Crippen molar-refractivity contribution in [1.29, 1.82) is 0 Å². The van der Waals surface area contributed by atoms with Crippen molar-refractivity contribution in [2.75, 3.05) is 0 Å². The maximum absolute atomic E-state index is 14.9. The van der Waals surface area contributed by atoms with Crippen molar-refractivity contribution >= 4 is 10.8 Å². The van der Waals surface area contributed by atoms with E-state index < -0.39 is 11.6 Å². The summed E-state index contributed by atoms with van der Waals surface area (Å²) in [6, 6.07) is 7.92. The Morgan fingerprint density at radius 1 is 0.968 bits per heavy atom. The number of halogens is 2. The standard InChI is InChI=1S/C29H38F2/c1-3-5-7-8-20-10-11-22-17-23(13-12-21(22)16-20)24-14-15-25-18-26(9-6-4-2)28(30)29(31)27(25)19-24/h4,14-15,18-23H,2-3,5-13,16-17H2,1H3/t20?,21-,22?,23-/m1/s1. The molecule has 4 atom stereocenters. The van der Waals surface area contributed by atoms with Gasteiger partial charge in [-0.15, -0.1) is 6.58 Å². The van der Waals surface area contributed by atoms with Crippen LogP contribution in [-0.4, -0.2) is 0 Å². The van der Waals surface area contributed by atoms with Gasteiger partial charge in [0, 0.05) is 5.39 Å². The van der Waals surface area contributed by atoms with Crippen LogP contribution in [-0.2, 0) is 6.42 Å². The molecule has 2 saturated carbocycles. The fourth-order valence-electron chi connectivity index (χ4n) is 6.33. The number of fused-ring (bicyclic) bond motifs is 2. The first-order valence-electron chi connectivity index (χ1n) is 12.6. The molecule has 31 heavy (non-hydrogen) atoms. The lowest BCUT2D eigenvalue weighted by molar-refractivity contribution is 0.113. The SMILES string of the molecule is C=CCCc1cc2ccc([C@@H]3CC[C@@H]4CC(CCCCC)CCC4C3)cc2c(F)c1F. The quantitative estimate of drug-likeness (QED) is 0.293. The Hall–Kier alpha value is -1.70. The van der Waals surface area contributed by atoms with Gasteiger partial charge in [-0.1, -0.05) is 57.2 Å². The minimum atomic E-state index is -0.684. The third-order valence-corrected chi connectivity index (χ3v) is 8.14. The third-order valence-electron chi connectivity index (χ3n) is 8.14. The van der Waals surface area contributed by atoms with E-state index in [-0.39, 0.29) is 0 Å². The van der Waals surface area contributed by atoms with Gasteiger partial charge in [0.25, 0.3) is 0 Å². The molecule has 0 nitrogen and oxygen atoms in total. The molecular weight excluding hydrogens is 386 g/mol. The topological polar surface area (TPSA) is 0 Å². The minimum Gasteiger partial charge on any atom is -0.203 e. The normalized spacial score (nSPS) is 26.0. The van der Waals surface area contributed by atoms with Crippen molar-refractivity contribution in [2.45, 2.75) is 89.9 Å². The monoisotopic (exact) mass is 424 g/mol. The number of hydrogen-bond donors (Lipinski definition) is 0. The maximum atomic E-state index is 14.9. The van der Waals surface area contributed by atoms with Gasteiger partial charge >= 0.3 is 0 Å². The van der Waals surface area contributed by atoms with E-state index in [1.54, 1.807) is 6.08 Å². The summed E-state index contributed by atoms with van der Waals surface area (Å²) < 4.78 is 29.5. The first kappa shape index (κ1) is 22.5. The zero-order valence-electron chi connectivity index (χ0n) is 19.1. The van der Waals surface area contributed by atoms with Gasteiger partial charge in [-0.2, -0.15) is 0 Å². The molecule has 2 aliphatic rings. The molecule has 0 aromatic heterocycles. The van der Waals surface area contributed by atoms with Crippen molar-refractivity contribution in [3.05, 3.63) is 59.7 Å². The van der Waals surface area contributed by atoms with E-state index in [1.807, 2.05) is 18.2 Å². The van der Waals surface area contributed by atoms with Gasteiger partial charge in [0.05, 0.1) is 0 Å². The molecular formula is C29H38F2. The summed E-state index contributed by atoms with van der Waals surface area (Å²) in [5.41, 5.74) is 1.65. The minimum absolute atomic E-state index is 0.444. The highest BCUT2D eigenvalue weighted by Crippen LogP contribution is 2.48. The highest BCUT2D eigenvalue weighted by molar-refractivity contribution is 5.85. The Morgan fingerprint density at radius 3 is 2.58 bits per heavy atom. The molecule has 0 aliphatic heterocycles. The van der Waals surface area contributed by atoms with Crippen LogP contribution in [0.5, 0.6) is 0 Å². The summed E-state index contributed by atoms with van der Waals surface area (Å²) in [6.07, 6.45) is 16.3. The first-order chi connectivity index (χ1) is 15.1. The Balaban J connectivity index is 1.45. The summed E-state index contributed by atoms with van der Waals surface area (Å²) in [4.78, 5) is 0. The van der Waals surface area contributed by atoms with Gasteiger partial charge in [0.15, 0.2) is 11.6 Å². The molecule has 2 aliphatic carbocycles. The van der Waals surface area contributed by atoms with E-state index in [4.69, 9.17) is 0 Å². The number of rotatable bonds is 8. The summed E-state index contributed by atoms with van der Waals surface area (Å²) in [7, 11) is 0. The van der Waals surface area contributed by atoms with Gasteiger partial charge in [-0.3, -0.25) is 0 Å². The van der Waals surface area contributed by atoms with Crippen LogP contribution in [0.4, 0.5) is 8.78 Å². The maximum Gasteiger partial charge on any atom is 0.166 e. The molecule has 0 saturated heterocycles. The Morgan fingerprint density at radius 2 is 1.77 bits per heavy atom. The zero-order chi connectivity index (χ0) is 21.8. The third kappa shape index (κ3) is 5.04. The van der Waals surface area contributed by atoms with Crippen LogP contribution in [0, 0.1) is 29.4 Å². The highest BCUT2D eigenvalue weighted by atomic mass is 19.2. The van der Waals surface area contributed by atoms with E-state index in [2.05, 4.69) is 19.6 Å². The van der Waals surface area contributed by atoms with E-state index in [0.717, 1.165) is 23.1 Å². The molecule has 168 valence electrons. The van der Waals surface area contributed by atoms with Crippen LogP contribution in [0.25, 0.3) is 10.8 Å². The molecule has 2 aromatic rings. The number of aryl methyl sites for hydroxylation is 1. The second kappa shape index (κ2) is 10.3. The Labute approximate surface area is 187 Å². The van der Waals surface area contributed by atoms with Gasteiger partial charge < -0.3 is 0 Å². The molecule has 4 rings (SSSR count). The number of hydrogen-bond acceptors (Lipinski definition) is 0. The highest BCUT2D eigenvalue weighted by Gasteiger charge is 2.35. The van der Waals surface area contributed by atoms with E-state index in [9.17, 15) is 8.78 Å². The molecule has 0 bridgehead atoms. The summed E-state index contributed by atoms with van der Waals surface area (Å²) in [5, 5.41) is 1.25. The molecule has 0 heterocycles. The lowest BCUT2D eigenvalue weighted by Crippen LogP contribution is -2.30. The van der Waals surface area contributed by atoms with Crippen molar-refractivity contribution in [3.63, 3.8) is 0 Å². The summed E-state index contributed by atoms with van der Waals surface area (Å²) >= 11 is 0. The molecule has 0 radical (unpaired) electrons. The second-order valence-corrected chi connectivity index (χ2v) is 10.2. The predicted molar refractivity (Wildman–Crippen MR) is 127 cm³/mol. The zero-order valence-corrected chi connectivity index (χ0v) is 19.1. The largest absolute Gasteiger partial charge is 0.203 e. The molecule has 0 spiro atoms. The first-order valence-corrected chi connectivity index (χ1v) is 12.6. The lowest BCUT2D eigenvalue weighted by atomic mass is 9.63. The smallest absolute Gasteiger partial charge is 0.166 e. The molecule has 2 fully saturated rings. The van der Waals surface area contributed by atoms with Crippen molar-refractivity contribution < 1.29 is 8.78 Å². The van der Waals surface area contributed by atoms with Crippen molar-refractivity contribution in [1.82, 2.24) is 0 Å². The Kier molecular flexibility index (Phi) is 7.46. The van der Waals surface area contributed by atoms with Crippen LogP contribution in [0.3, 0.4) is 0 Å². The average molecular weight is 425 g/mol. The number of unbranched alkanes of at least 4 members (excludes halogenated alkanes) is 2. The van der Waals surface area contributed by atoms with Crippen LogP contribution in [0.1, 0.15) is 94.6 Å². The van der Waals surface area contributed by atoms with Gasteiger partial charge in [0.1, 0.15) is 0 Å². The fraction of sp³-hybridized carbons (Fsp3) is 0.586. The molecule has 2 heteroatoms. The van der Waals surface area contributed by atoms with Crippen molar-refractivity contribution in [2.24, 2.45) is 17.8 Å². The molecule has 0 N–H and O–H groups in total. The summed E-state index contributed by atoms with van der Waals surface area (Å²) in [6.45, 7) is 5.97. The van der Waals surface area contributed by atoms with Crippen molar-refractivity contribution in [3.8, 4) is 0 Å². The number of benzene rings is 2. The molecule has 0 amide bonds. The molecule has 2 aromatic carbocycles.